The van der Waals surface area contributed by atoms with Gasteiger partial charge in [0.05, 0.1) is 12.1 Å². The first kappa shape index (κ1) is 25.1. The monoisotopic (exact) mass is 450 g/mol. The van der Waals surface area contributed by atoms with Gasteiger partial charge in [-0.2, -0.15) is 0 Å². The Balaban J connectivity index is 1.96. The SMILES string of the molecule is CC(NC(=O)C(N)Cc1ccc(O)cc1)C(=O)N1CCCC1C(=O)NC(C(=O)O)C(C)O. The van der Waals surface area contributed by atoms with Crippen molar-refractivity contribution in [3.8, 4) is 5.75 Å². The lowest BCUT2D eigenvalue weighted by Crippen LogP contribution is -2.57. The minimum atomic E-state index is -1.49. The number of nitrogens with zero attached hydrogens (tertiary/aromatic N) is 1. The van der Waals surface area contributed by atoms with Crippen LogP contribution in [0.5, 0.6) is 5.75 Å². The van der Waals surface area contributed by atoms with Crippen molar-refractivity contribution in [3.05, 3.63) is 29.8 Å². The van der Waals surface area contributed by atoms with Crippen molar-refractivity contribution in [2.24, 2.45) is 5.73 Å². The molecule has 5 unspecified atom stereocenters. The van der Waals surface area contributed by atoms with E-state index in [-0.39, 0.29) is 18.7 Å². The average molecular weight is 450 g/mol. The molecule has 1 aromatic rings. The van der Waals surface area contributed by atoms with Gasteiger partial charge in [-0.3, -0.25) is 14.4 Å². The standard InChI is InChI=1S/C21H30N4O7/c1-11(23-18(28)15(22)10-13-5-7-14(27)8-6-13)20(30)25-9-3-4-16(25)19(29)24-17(12(2)26)21(31)32/h5-8,11-12,15-17,26-27H,3-4,9-10,22H2,1-2H3,(H,23,28)(H,24,29)(H,31,32). The number of aromatic hydroxyl groups is 1. The fraction of sp³-hybridized carbons (Fsp3) is 0.524. The molecule has 32 heavy (non-hydrogen) atoms. The molecule has 1 aliphatic heterocycles. The molecule has 0 saturated carbocycles. The maximum absolute atomic E-state index is 12.9. The molecule has 1 fully saturated rings. The molecule has 176 valence electrons. The first-order valence-electron chi connectivity index (χ1n) is 10.4. The number of nitrogens with one attached hydrogen (secondary N) is 2. The molecular weight excluding hydrogens is 420 g/mol. The van der Waals surface area contributed by atoms with E-state index in [4.69, 9.17) is 10.8 Å². The third-order valence-corrected chi connectivity index (χ3v) is 5.34. The van der Waals surface area contributed by atoms with E-state index >= 15 is 0 Å². The highest BCUT2D eigenvalue weighted by atomic mass is 16.4. The normalized spacial score (nSPS) is 19.5. The van der Waals surface area contributed by atoms with Gasteiger partial charge in [-0.05, 0) is 50.8 Å². The molecule has 1 aromatic carbocycles. The van der Waals surface area contributed by atoms with E-state index < -0.39 is 54.0 Å². The van der Waals surface area contributed by atoms with Crippen molar-refractivity contribution in [1.82, 2.24) is 15.5 Å². The van der Waals surface area contributed by atoms with Crippen molar-refractivity contribution in [1.29, 1.82) is 0 Å². The molecule has 2 rings (SSSR count). The maximum atomic E-state index is 12.9. The molecule has 0 bridgehead atoms. The van der Waals surface area contributed by atoms with Crippen LogP contribution >= 0.6 is 0 Å². The quantitative estimate of drug-likeness (QED) is 0.268. The minimum Gasteiger partial charge on any atom is -0.508 e. The first-order chi connectivity index (χ1) is 15.0. The smallest absolute Gasteiger partial charge is 0.328 e. The van der Waals surface area contributed by atoms with E-state index in [9.17, 15) is 29.4 Å². The number of carbonyl (C=O) groups excluding carboxylic acids is 3. The van der Waals surface area contributed by atoms with Crippen LogP contribution in [0.2, 0.25) is 0 Å². The van der Waals surface area contributed by atoms with E-state index in [0.29, 0.717) is 12.8 Å². The second-order valence-electron chi connectivity index (χ2n) is 7.96. The molecule has 1 saturated heterocycles. The lowest BCUT2D eigenvalue weighted by atomic mass is 10.1. The molecule has 7 N–H and O–H groups in total. The van der Waals surface area contributed by atoms with E-state index in [1.54, 1.807) is 12.1 Å². The molecule has 1 heterocycles. The number of phenols is 1. The van der Waals surface area contributed by atoms with Crippen LogP contribution in [0.25, 0.3) is 0 Å². The van der Waals surface area contributed by atoms with Gasteiger partial charge in [0.15, 0.2) is 6.04 Å². The molecule has 5 atom stereocenters. The summed E-state index contributed by atoms with van der Waals surface area (Å²) in [7, 11) is 0. The summed E-state index contributed by atoms with van der Waals surface area (Å²) in [5.41, 5.74) is 6.68. The number of carboxylic acid groups (broad SMARTS) is 1. The molecular formula is C21H30N4O7. The number of carbonyl (C=O) groups is 4. The fourth-order valence-corrected chi connectivity index (χ4v) is 3.55. The van der Waals surface area contributed by atoms with Gasteiger partial charge in [0, 0.05) is 6.54 Å². The topological polar surface area (TPSA) is 182 Å². The summed E-state index contributed by atoms with van der Waals surface area (Å²) < 4.78 is 0. The van der Waals surface area contributed by atoms with Crippen LogP contribution in [0.3, 0.4) is 0 Å². The number of hydrogen-bond acceptors (Lipinski definition) is 7. The van der Waals surface area contributed by atoms with Crippen molar-refractivity contribution in [2.75, 3.05) is 6.54 Å². The number of amides is 3. The molecule has 11 heteroatoms. The summed E-state index contributed by atoms with van der Waals surface area (Å²) in [4.78, 5) is 50.4. The van der Waals surface area contributed by atoms with Crippen LogP contribution in [-0.2, 0) is 25.6 Å². The Morgan fingerprint density at radius 2 is 1.78 bits per heavy atom. The van der Waals surface area contributed by atoms with Crippen LogP contribution in [0.1, 0.15) is 32.3 Å². The van der Waals surface area contributed by atoms with Crippen molar-refractivity contribution in [2.45, 2.75) is 63.4 Å². The highest BCUT2D eigenvalue weighted by Gasteiger charge is 2.38. The summed E-state index contributed by atoms with van der Waals surface area (Å²) in [6.07, 6.45) is -0.227. The van der Waals surface area contributed by atoms with Gasteiger partial charge in [-0.1, -0.05) is 12.1 Å². The number of phenolic OH excluding ortho intramolecular Hbond substituents is 1. The van der Waals surface area contributed by atoms with Gasteiger partial charge in [0.2, 0.25) is 17.7 Å². The number of rotatable bonds is 9. The van der Waals surface area contributed by atoms with E-state index in [1.807, 2.05) is 0 Å². The zero-order valence-corrected chi connectivity index (χ0v) is 18.0. The van der Waals surface area contributed by atoms with E-state index in [1.165, 1.54) is 30.9 Å². The number of likely N-dealkylation sites (tertiary alicyclic amines) is 1. The van der Waals surface area contributed by atoms with Gasteiger partial charge in [0.25, 0.3) is 0 Å². The Labute approximate surface area is 185 Å². The number of aliphatic hydroxyl groups is 1. The fourth-order valence-electron chi connectivity index (χ4n) is 3.55. The third-order valence-electron chi connectivity index (χ3n) is 5.34. The molecule has 0 radical (unpaired) electrons. The summed E-state index contributed by atoms with van der Waals surface area (Å²) in [5.74, 6) is -2.99. The van der Waals surface area contributed by atoms with Crippen LogP contribution in [0.4, 0.5) is 0 Å². The lowest BCUT2D eigenvalue weighted by Gasteiger charge is -2.29. The third kappa shape index (κ3) is 6.41. The molecule has 0 aromatic heterocycles. The Morgan fingerprint density at radius 3 is 2.34 bits per heavy atom. The largest absolute Gasteiger partial charge is 0.508 e. The number of benzene rings is 1. The second-order valence-corrected chi connectivity index (χ2v) is 7.96. The molecule has 11 nitrogen and oxygen atoms in total. The lowest BCUT2D eigenvalue weighted by molar-refractivity contribution is -0.147. The van der Waals surface area contributed by atoms with Gasteiger partial charge in [-0.25, -0.2) is 4.79 Å². The number of aliphatic hydroxyl groups excluding tert-OH is 1. The minimum absolute atomic E-state index is 0.0957. The maximum Gasteiger partial charge on any atom is 0.328 e. The Bertz CT molecular complexity index is 843. The second kappa shape index (κ2) is 10.9. The highest BCUT2D eigenvalue weighted by Crippen LogP contribution is 2.19. The number of carboxylic acids is 1. The van der Waals surface area contributed by atoms with Crippen molar-refractivity contribution >= 4 is 23.7 Å². The van der Waals surface area contributed by atoms with Gasteiger partial charge >= 0.3 is 5.97 Å². The van der Waals surface area contributed by atoms with Crippen LogP contribution in [-0.4, -0.2) is 80.7 Å². The van der Waals surface area contributed by atoms with E-state index in [0.717, 1.165) is 5.56 Å². The highest BCUT2D eigenvalue weighted by molar-refractivity contribution is 5.94. The summed E-state index contributed by atoms with van der Waals surface area (Å²) in [6.45, 7) is 3.01. The molecule has 0 aliphatic carbocycles. The zero-order valence-electron chi connectivity index (χ0n) is 18.0. The van der Waals surface area contributed by atoms with Crippen LogP contribution in [0.15, 0.2) is 24.3 Å². The average Bonchev–Trinajstić information content (AvgIpc) is 3.22. The molecule has 0 spiro atoms. The molecule has 1 aliphatic rings. The summed E-state index contributed by atoms with van der Waals surface area (Å²) in [6, 6.07) is 1.99. The van der Waals surface area contributed by atoms with Crippen LogP contribution < -0.4 is 16.4 Å². The Kier molecular flexibility index (Phi) is 8.56. The Hall–Kier alpha value is -3.18. The number of nitrogens with two attached hydrogens (primary N) is 1. The Morgan fingerprint density at radius 1 is 1.16 bits per heavy atom. The van der Waals surface area contributed by atoms with Gasteiger partial charge in [0.1, 0.15) is 17.8 Å². The predicted octanol–water partition coefficient (Wildman–Crippen LogP) is -1.29. The van der Waals surface area contributed by atoms with E-state index in [2.05, 4.69) is 10.6 Å². The number of aliphatic carboxylic acids is 1. The first-order valence-corrected chi connectivity index (χ1v) is 10.4. The van der Waals surface area contributed by atoms with Gasteiger partial charge in [-0.15, -0.1) is 0 Å². The zero-order chi connectivity index (χ0) is 24.0. The van der Waals surface area contributed by atoms with Crippen molar-refractivity contribution < 1.29 is 34.5 Å². The summed E-state index contributed by atoms with van der Waals surface area (Å²) in [5, 5.41) is 32.8. The predicted molar refractivity (Wildman–Crippen MR) is 113 cm³/mol. The van der Waals surface area contributed by atoms with Crippen molar-refractivity contribution in [3.63, 3.8) is 0 Å². The number of hydrogen-bond donors (Lipinski definition) is 6. The van der Waals surface area contributed by atoms with Crippen LogP contribution in [0, 0.1) is 0 Å². The summed E-state index contributed by atoms with van der Waals surface area (Å²) >= 11 is 0. The van der Waals surface area contributed by atoms with Gasteiger partial charge < -0.3 is 36.6 Å². The molecule has 3 amide bonds.